The van der Waals surface area contributed by atoms with Gasteiger partial charge < -0.3 is 14.8 Å². The third-order valence-corrected chi connectivity index (χ3v) is 5.95. The van der Waals surface area contributed by atoms with E-state index in [0.717, 1.165) is 0 Å². The van der Waals surface area contributed by atoms with E-state index in [2.05, 4.69) is 10.0 Å². The number of sulfonamides is 1. The summed E-state index contributed by atoms with van der Waals surface area (Å²) in [4.78, 5) is 12.6. The first kappa shape index (κ1) is 23.3. The van der Waals surface area contributed by atoms with Gasteiger partial charge in [0.15, 0.2) is 12.4 Å². The van der Waals surface area contributed by atoms with Crippen molar-refractivity contribution in [1.29, 1.82) is 0 Å². The summed E-state index contributed by atoms with van der Waals surface area (Å²) in [7, 11) is -3.56. The van der Waals surface area contributed by atoms with Crippen LogP contribution in [0, 0.1) is 6.92 Å². The Labute approximate surface area is 188 Å². The van der Waals surface area contributed by atoms with Gasteiger partial charge in [0.05, 0.1) is 10.6 Å². The summed E-state index contributed by atoms with van der Waals surface area (Å²) in [5, 5.41) is 2.78. The van der Waals surface area contributed by atoms with Crippen LogP contribution in [0.25, 0.3) is 0 Å². The van der Waals surface area contributed by atoms with Gasteiger partial charge in [-0.1, -0.05) is 37.3 Å². The molecule has 168 valence electrons. The molecule has 3 aromatic carbocycles. The Morgan fingerprint density at radius 3 is 2.38 bits per heavy atom. The molecule has 0 heterocycles. The van der Waals surface area contributed by atoms with Crippen LogP contribution in [0.15, 0.2) is 77.7 Å². The normalized spacial score (nSPS) is 11.1. The van der Waals surface area contributed by atoms with E-state index in [1.165, 1.54) is 12.1 Å². The highest BCUT2D eigenvalue weighted by Gasteiger charge is 2.15. The number of hydrogen-bond acceptors (Lipinski definition) is 5. The van der Waals surface area contributed by atoms with E-state index < -0.39 is 10.0 Å². The van der Waals surface area contributed by atoms with Crippen molar-refractivity contribution >= 4 is 21.6 Å². The Morgan fingerprint density at radius 2 is 1.66 bits per heavy atom. The quantitative estimate of drug-likeness (QED) is 0.471. The summed E-state index contributed by atoms with van der Waals surface area (Å²) in [5.74, 6) is 1.24. The molecule has 0 aliphatic rings. The first-order valence-corrected chi connectivity index (χ1v) is 11.7. The highest BCUT2D eigenvalue weighted by Crippen LogP contribution is 2.29. The van der Waals surface area contributed by atoms with Crippen molar-refractivity contribution in [2.45, 2.75) is 25.2 Å². The number of aryl methyl sites for hydroxylation is 1. The third-order valence-electron chi connectivity index (χ3n) is 4.49. The molecule has 7 nitrogen and oxygen atoms in total. The second-order valence-electron chi connectivity index (χ2n) is 7.07. The Kier molecular flexibility index (Phi) is 7.86. The number of hydrogen-bond donors (Lipinski definition) is 2. The van der Waals surface area contributed by atoms with Gasteiger partial charge in [-0.15, -0.1) is 0 Å². The van der Waals surface area contributed by atoms with Gasteiger partial charge in [0, 0.05) is 6.54 Å². The fraction of sp³-hybridized carbons (Fsp3) is 0.208. The summed E-state index contributed by atoms with van der Waals surface area (Å²) in [6, 6.07) is 20.9. The third kappa shape index (κ3) is 6.32. The predicted octanol–water partition coefficient (Wildman–Crippen LogP) is 4.49. The second kappa shape index (κ2) is 10.8. The molecule has 1 amide bonds. The van der Waals surface area contributed by atoms with Crippen LogP contribution in [0.3, 0.4) is 0 Å². The second-order valence-corrected chi connectivity index (χ2v) is 8.84. The van der Waals surface area contributed by atoms with E-state index in [4.69, 9.17) is 9.47 Å². The lowest BCUT2D eigenvalue weighted by atomic mass is 10.2. The fourth-order valence-corrected chi connectivity index (χ4v) is 4.09. The molecule has 0 spiro atoms. The van der Waals surface area contributed by atoms with Crippen LogP contribution in [0.5, 0.6) is 17.2 Å². The van der Waals surface area contributed by atoms with Crippen molar-refractivity contribution in [1.82, 2.24) is 4.72 Å². The van der Waals surface area contributed by atoms with E-state index >= 15 is 0 Å². The maximum absolute atomic E-state index is 12.4. The molecule has 0 atom stereocenters. The molecule has 0 bridgehead atoms. The molecule has 3 rings (SSSR count). The van der Waals surface area contributed by atoms with E-state index in [1.807, 2.05) is 43.3 Å². The number of nitrogens with one attached hydrogen (secondary N) is 2. The molecule has 0 radical (unpaired) electrons. The van der Waals surface area contributed by atoms with E-state index in [0.29, 0.717) is 41.5 Å². The number of anilines is 1. The summed E-state index contributed by atoms with van der Waals surface area (Å²) < 4.78 is 38.5. The molecule has 0 saturated carbocycles. The molecule has 0 aromatic heterocycles. The smallest absolute Gasteiger partial charge is 0.262 e. The minimum Gasteiger partial charge on any atom is -0.483 e. The molecular weight excluding hydrogens is 428 g/mol. The molecule has 2 N–H and O–H groups in total. The highest BCUT2D eigenvalue weighted by molar-refractivity contribution is 7.89. The van der Waals surface area contributed by atoms with E-state index in [-0.39, 0.29) is 17.4 Å². The minimum atomic E-state index is -3.56. The number of rotatable bonds is 10. The van der Waals surface area contributed by atoms with Crippen LogP contribution in [0.1, 0.15) is 18.9 Å². The number of carbonyl (C=O) groups excluding carboxylic acids is 1. The molecule has 0 saturated heterocycles. The Hall–Kier alpha value is -3.36. The molecule has 0 aliphatic carbocycles. The van der Waals surface area contributed by atoms with Gasteiger partial charge in [0.2, 0.25) is 10.0 Å². The van der Waals surface area contributed by atoms with Crippen LogP contribution in [-0.4, -0.2) is 27.5 Å². The molecule has 8 heteroatoms. The molecule has 0 unspecified atom stereocenters. The SMILES string of the molecule is CCCNS(=O)(=O)c1ccc(OCC(=O)Nc2ccccc2Oc2ccccc2)c(C)c1. The average molecular weight is 455 g/mol. The standard InChI is InChI=1S/C24H26N2O5S/c1-3-15-25-32(28,29)20-13-14-22(18(2)16-20)30-17-24(27)26-21-11-7-8-12-23(21)31-19-9-5-4-6-10-19/h4-14,16,25H,3,15,17H2,1-2H3,(H,26,27). The van der Waals surface area contributed by atoms with Crippen LogP contribution in [-0.2, 0) is 14.8 Å². The average Bonchev–Trinajstić information content (AvgIpc) is 2.79. The van der Waals surface area contributed by atoms with Gasteiger partial charge in [0.25, 0.3) is 5.91 Å². The van der Waals surface area contributed by atoms with Crippen molar-refractivity contribution in [3.05, 3.63) is 78.4 Å². The fourth-order valence-electron chi connectivity index (χ4n) is 2.87. The van der Waals surface area contributed by atoms with E-state index in [9.17, 15) is 13.2 Å². The highest BCUT2D eigenvalue weighted by atomic mass is 32.2. The molecule has 32 heavy (non-hydrogen) atoms. The van der Waals surface area contributed by atoms with Crippen LogP contribution < -0.4 is 19.5 Å². The molecule has 0 fully saturated rings. The first-order valence-electron chi connectivity index (χ1n) is 10.2. The van der Waals surface area contributed by atoms with Crippen molar-refractivity contribution in [2.24, 2.45) is 0 Å². The first-order chi connectivity index (χ1) is 15.4. The van der Waals surface area contributed by atoms with Gasteiger partial charge >= 0.3 is 0 Å². The van der Waals surface area contributed by atoms with Crippen molar-refractivity contribution in [2.75, 3.05) is 18.5 Å². The zero-order valence-electron chi connectivity index (χ0n) is 18.0. The number of ether oxygens (including phenoxy) is 2. The largest absolute Gasteiger partial charge is 0.483 e. The minimum absolute atomic E-state index is 0.159. The van der Waals surface area contributed by atoms with Gasteiger partial charge in [-0.3, -0.25) is 4.79 Å². The summed E-state index contributed by atoms with van der Waals surface area (Å²) in [5.41, 5.74) is 1.13. The molecule has 0 aliphatic heterocycles. The maximum atomic E-state index is 12.4. The predicted molar refractivity (Wildman–Crippen MR) is 124 cm³/mol. The van der Waals surface area contributed by atoms with Gasteiger partial charge in [-0.25, -0.2) is 13.1 Å². The lowest BCUT2D eigenvalue weighted by Gasteiger charge is -2.14. The van der Waals surface area contributed by atoms with Gasteiger partial charge in [-0.05, 0) is 61.4 Å². The van der Waals surface area contributed by atoms with Crippen LogP contribution in [0.2, 0.25) is 0 Å². The topological polar surface area (TPSA) is 93.7 Å². The lowest BCUT2D eigenvalue weighted by Crippen LogP contribution is -2.24. The molecular formula is C24H26N2O5S. The van der Waals surface area contributed by atoms with Gasteiger partial charge in [-0.2, -0.15) is 0 Å². The van der Waals surface area contributed by atoms with Gasteiger partial charge in [0.1, 0.15) is 11.5 Å². The Bertz CT molecular complexity index is 1160. The number of amides is 1. The van der Waals surface area contributed by atoms with Crippen molar-refractivity contribution < 1.29 is 22.7 Å². The zero-order valence-corrected chi connectivity index (χ0v) is 18.8. The maximum Gasteiger partial charge on any atom is 0.262 e. The lowest BCUT2D eigenvalue weighted by molar-refractivity contribution is -0.118. The summed E-state index contributed by atoms with van der Waals surface area (Å²) in [6.07, 6.45) is 0.702. The van der Waals surface area contributed by atoms with Crippen molar-refractivity contribution in [3.8, 4) is 17.2 Å². The van der Waals surface area contributed by atoms with Crippen LogP contribution >= 0.6 is 0 Å². The number of carbonyl (C=O) groups is 1. The number of para-hydroxylation sites is 3. The zero-order chi connectivity index (χ0) is 23.0. The monoisotopic (exact) mass is 454 g/mol. The van der Waals surface area contributed by atoms with E-state index in [1.54, 1.807) is 31.2 Å². The summed E-state index contributed by atoms with van der Waals surface area (Å²) in [6.45, 7) is 3.76. The number of benzene rings is 3. The molecule has 3 aromatic rings. The summed E-state index contributed by atoms with van der Waals surface area (Å²) >= 11 is 0. The Balaban J connectivity index is 1.62. The Morgan fingerprint density at radius 1 is 0.938 bits per heavy atom. The van der Waals surface area contributed by atoms with Crippen LogP contribution in [0.4, 0.5) is 5.69 Å². The van der Waals surface area contributed by atoms with Crippen molar-refractivity contribution in [3.63, 3.8) is 0 Å².